The molecule has 1 aromatic rings. The molecule has 19 heavy (non-hydrogen) atoms. The van der Waals surface area contributed by atoms with Crippen molar-refractivity contribution < 1.29 is 9.53 Å². The SMILES string of the molecule is CCOC(=O)C(CC)N1CC(C)(C)c2ccccc21. The number of esters is 1. The maximum atomic E-state index is 12.1. The van der Waals surface area contributed by atoms with E-state index >= 15 is 0 Å². The van der Waals surface area contributed by atoms with Crippen molar-refractivity contribution in [3.63, 3.8) is 0 Å². The molecule has 3 heteroatoms. The lowest BCUT2D eigenvalue weighted by Crippen LogP contribution is -2.43. The van der Waals surface area contributed by atoms with E-state index in [2.05, 4.69) is 36.9 Å². The molecule has 1 heterocycles. The van der Waals surface area contributed by atoms with Gasteiger partial charge in [-0.1, -0.05) is 39.0 Å². The van der Waals surface area contributed by atoms with Crippen molar-refractivity contribution in [3.05, 3.63) is 29.8 Å². The van der Waals surface area contributed by atoms with Gasteiger partial charge < -0.3 is 9.64 Å². The van der Waals surface area contributed by atoms with Crippen LogP contribution in [-0.4, -0.2) is 25.2 Å². The Kier molecular flexibility index (Phi) is 3.83. The van der Waals surface area contributed by atoms with Crippen molar-refractivity contribution in [2.75, 3.05) is 18.1 Å². The Morgan fingerprint density at radius 2 is 2.05 bits per heavy atom. The van der Waals surface area contributed by atoms with Gasteiger partial charge in [-0.15, -0.1) is 0 Å². The number of benzene rings is 1. The molecule has 0 spiro atoms. The molecule has 0 radical (unpaired) electrons. The normalized spacial score (nSPS) is 18.0. The summed E-state index contributed by atoms with van der Waals surface area (Å²) in [5.41, 5.74) is 2.57. The molecular formula is C16H23NO2. The minimum atomic E-state index is -0.178. The van der Waals surface area contributed by atoms with Crippen LogP contribution < -0.4 is 4.90 Å². The fourth-order valence-electron chi connectivity index (χ4n) is 2.92. The van der Waals surface area contributed by atoms with Crippen molar-refractivity contribution in [1.82, 2.24) is 0 Å². The van der Waals surface area contributed by atoms with Gasteiger partial charge in [0.15, 0.2) is 0 Å². The van der Waals surface area contributed by atoms with Crippen molar-refractivity contribution in [3.8, 4) is 0 Å². The van der Waals surface area contributed by atoms with Gasteiger partial charge in [-0.25, -0.2) is 4.79 Å². The Labute approximate surface area is 115 Å². The summed E-state index contributed by atoms with van der Waals surface area (Å²) in [6.45, 7) is 9.65. The number of anilines is 1. The zero-order chi connectivity index (χ0) is 14.0. The summed E-state index contributed by atoms with van der Waals surface area (Å²) >= 11 is 0. The molecule has 0 amide bonds. The summed E-state index contributed by atoms with van der Waals surface area (Å²) in [5.74, 6) is -0.113. The van der Waals surface area contributed by atoms with Crippen LogP contribution in [0.1, 0.15) is 39.7 Å². The predicted octanol–water partition coefficient (Wildman–Crippen LogP) is 3.13. The van der Waals surface area contributed by atoms with Crippen LogP contribution in [0.4, 0.5) is 5.69 Å². The number of hydrogen-bond donors (Lipinski definition) is 0. The van der Waals surface area contributed by atoms with Crippen LogP contribution in [0.3, 0.4) is 0 Å². The summed E-state index contributed by atoms with van der Waals surface area (Å²) in [6.07, 6.45) is 0.767. The summed E-state index contributed by atoms with van der Waals surface area (Å²) in [4.78, 5) is 14.3. The molecule has 3 nitrogen and oxygen atoms in total. The number of fused-ring (bicyclic) bond motifs is 1. The standard InChI is InChI=1S/C16H23NO2/c1-5-13(15(18)19-6-2)17-11-16(3,4)12-9-7-8-10-14(12)17/h7-10,13H,5-6,11H2,1-4H3. The van der Waals surface area contributed by atoms with Crippen LogP contribution in [-0.2, 0) is 14.9 Å². The van der Waals surface area contributed by atoms with E-state index < -0.39 is 0 Å². The number of rotatable bonds is 4. The monoisotopic (exact) mass is 261 g/mol. The first kappa shape index (κ1) is 13.9. The maximum absolute atomic E-state index is 12.1. The average molecular weight is 261 g/mol. The highest BCUT2D eigenvalue weighted by atomic mass is 16.5. The second-order valence-corrected chi connectivity index (χ2v) is 5.71. The third-order valence-electron chi connectivity index (χ3n) is 3.83. The van der Waals surface area contributed by atoms with Crippen LogP contribution in [0.25, 0.3) is 0 Å². The molecule has 0 aliphatic carbocycles. The van der Waals surface area contributed by atoms with E-state index in [9.17, 15) is 4.79 Å². The van der Waals surface area contributed by atoms with E-state index in [1.807, 2.05) is 19.9 Å². The van der Waals surface area contributed by atoms with Crippen LogP contribution in [0.15, 0.2) is 24.3 Å². The molecule has 0 saturated carbocycles. The first-order valence-electron chi connectivity index (χ1n) is 7.04. The van der Waals surface area contributed by atoms with Crippen molar-refractivity contribution >= 4 is 11.7 Å². The highest BCUT2D eigenvalue weighted by Crippen LogP contribution is 2.41. The third kappa shape index (κ3) is 2.46. The van der Waals surface area contributed by atoms with E-state index in [1.165, 1.54) is 11.3 Å². The lowest BCUT2D eigenvalue weighted by molar-refractivity contribution is -0.144. The summed E-state index contributed by atoms with van der Waals surface area (Å²) in [5, 5.41) is 0. The van der Waals surface area contributed by atoms with Gasteiger partial charge in [0.1, 0.15) is 6.04 Å². The Bertz CT molecular complexity index is 468. The molecule has 2 rings (SSSR count). The molecule has 0 saturated heterocycles. The lowest BCUT2D eigenvalue weighted by Gasteiger charge is -2.29. The molecule has 0 aromatic heterocycles. The largest absolute Gasteiger partial charge is 0.464 e. The highest BCUT2D eigenvalue weighted by Gasteiger charge is 2.39. The van der Waals surface area contributed by atoms with Gasteiger partial charge in [0.2, 0.25) is 0 Å². The van der Waals surface area contributed by atoms with Crippen molar-refractivity contribution in [2.24, 2.45) is 0 Å². The highest BCUT2D eigenvalue weighted by molar-refractivity contribution is 5.82. The van der Waals surface area contributed by atoms with Gasteiger partial charge in [-0.2, -0.15) is 0 Å². The quantitative estimate of drug-likeness (QED) is 0.780. The molecule has 104 valence electrons. The summed E-state index contributed by atoms with van der Waals surface area (Å²) < 4.78 is 5.21. The predicted molar refractivity (Wildman–Crippen MR) is 77.5 cm³/mol. The smallest absolute Gasteiger partial charge is 0.328 e. The zero-order valence-electron chi connectivity index (χ0n) is 12.3. The van der Waals surface area contributed by atoms with Gasteiger partial charge in [0.25, 0.3) is 0 Å². The Morgan fingerprint density at radius 3 is 2.68 bits per heavy atom. The van der Waals surface area contributed by atoms with Gasteiger partial charge in [-0.05, 0) is 25.0 Å². The second kappa shape index (κ2) is 5.24. The van der Waals surface area contributed by atoms with Gasteiger partial charge in [0.05, 0.1) is 6.61 Å². The minimum absolute atomic E-state index is 0.0799. The van der Waals surface area contributed by atoms with Crippen LogP contribution >= 0.6 is 0 Å². The van der Waals surface area contributed by atoms with Crippen LogP contribution in [0, 0.1) is 0 Å². The minimum Gasteiger partial charge on any atom is -0.464 e. The average Bonchev–Trinajstić information content (AvgIpc) is 2.64. The third-order valence-corrected chi connectivity index (χ3v) is 3.83. The molecular weight excluding hydrogens is 238 g/mol. The fraction of sp³-hybridized carbons (Fsp3) is 0.562. The van der Waals surface area contributed by atoms with Crippen LogP contribution in [0.5, 0.6) is 0 Å². The molecule has 0 N–H and O–H groups in total. The van der Waals surface area contributed by atoms with E-state index in [0.717, 1.165) is 13.0 Å². The zero-order valence-corrected chi connectivity index (χ0v) is 12.3. The molecule has 0 fully saturated rings. The van der Waals surface area contributed by atoms with E-state index in [4.69, 9.17) is 4.74 Å². The van der Waals surface area contributed by atoms with E-state index in [1.54, 1.807) is 0 Å². The van der Waals surface area contributed by atoms with Crippen molar-refractivity contribution in [2.45, 2.75) is 45.6 Å². The summed E-state index contributed by atoms with van der Waals surface area (Å²) in [7, 11) is 0. The number of hydrogen-bond acceptors (Lipinski definition) is 3. The first-order valence-corrected chi connectivity index (χ1v) is 7.04. The molecule has 1 aliphatic rings. The van der Waals surface area contributed by atoms with Gasteiger partial charge in [-0.3, -0.25) is 0 Å². The Hall–Kier alpha value is -1.51. The first-order chi connectivity index (χ1) is 9.01. The Morgan fingerprint density at radius 1 is 1.37 bits per heavy atom. The van der Waals surface area contributed by atoms with Gasteiger partial charge >= 0.3 is 5.97 Å². The number of ether oxygens (including phenoxy) is 1. The molecule has 1 unspecified atom stereocenters. The maximum Gasteiger partial charge on any atom is 0.328 e. The molecule has 0 bridgehead atoms. The Balaban J connectivity index is 2.34. The molecule has 1 aromatic carbocycles. The van der Waals surface area contributed by atoms with Crippen LogP contribution in [0.2, 0.25) is 0 Å². The number of carbonyl (C=O) groups excluding carboxylic acids is 1. The van der Waals surface area contributed by atoms with Gasteiger partial charge in [0, 0.05) is 17.6 Å². The number of nitrogens with zero attached hydrogens (tertiary/aromatic N) is 1. The summed E-state index contributed by atoms with van der Waals surface area (Å²) in [6, 6.07) is 8.18. The lowest BCUT2D eigenvalue weighted by atomic mass is 9.87. The number of carbonyl (C=O) groups is 1. The second-order valence-electron chi connectivity index (χ2n) is 5.71. The molecule has 1 aliphatic heterocycles. The molecule has 1 atom stereocenters. The van der Waals surface area contributed by atoms with E-state index in [-0.39, 0.29) is 17.4 Å². The number of para-hydroxylation sites is 1. The topological polar surface area (TPSA) is 29.5 Å². The van der Waals surface area contributed by atoms with E-state index in [0.29, 0.717) is 6.61 Å². The van der Waals surface area contributed by atoms with Crippen molar-refractivity contribution in [1.29, 1.82) is 0 Å². The fourth-order valence-corrected chi connectivity index (χ4v) is 2.92.